The zero-order chi connectivity index (χ0) is 23.3. The molecule has 0 atom stereocenters. The summed E-state index contributed by atoms with van der Waals surface area (Å²) < 4.78 is 4.92. The molecule has 0 aromatic heterocycles. The van der Waals surface area contributed by atoms with E-state index in [-0.39, 0.29) is 28.9 Å². The van der Waals surface area contributed by atoms with Crippen molar-refractivity contribution in [3.63, 3.8) is 0 Å². The Labute approximate surface area is 195 Å². The number of hydrogen-bond acceptors (Lipinski definition) is 7. The highest BCUT2D eigenvalue weighted by molar-refractivity contribution is 7.80. The van der Waals surface area contributed by atoms with Crippen LogP contribution >= 0.6 is 23.8 Å². The van der Waals surface area contributed by atoms with E-state index >= 15 is 0 Å². The summed E-state index contributed by atoms with van der Waals surface area (Å²) in [7, 11) is 0. The maximum atomic E-state index is 12.4. The standard InChI is InChI=1S/C21H21ClN4O5S/c1-2-31-20(28)15-5-8-17(18(13-15)26(29)30)24-9-11-25(12-10-24)21(32)23-19(27)14-3-6-16(22)7-4-14/h3-8,13H,2,9-12H2,1H3,(H,23,27,32). The molecule has 11 heteroatoms. The number of esters is 1. The van der Waals surface area contributed by atoms with E-state index in [9.17, 15) is 19.7 Å². The third-order valence-corrected chi connectivity index (χ3v) is 5.53. The molecule has 0 saturated carbocycles. The number of anilines is 1. The molecule has 0 aliphatic carbocycles. The third-order valence-electron chi connectivity index (χ3n) is 4.92. The molecule has 0 spiro atoms. The minimum absolute atomic E-state index is 0.132. The third kappa shape index (κ3) is 5.51. The average Bonchev–Trinajstić information content (AvgIpc) is 2.79. The van der Waals surface area contributed by atoms with Crippen molar-refractivity contribution in [2.75, 3.05) is 37.7 Å². The number of halogens is 1. The van der Waals surface area contributed by atoms with Crippen molar-refractivity contribution in [1.82, 2.24) is 10.2 Å². The number of carbonyl (C=O) groups excluding carboxylic acids is 2. The molecule has 168 valence electrons. The van der Waals surface area contributed by atoms with Gasteiger partial charge in [0.05, 0.1) is 17.1 Å². The first-order chi connectivity index (χ1) is 15.3. The lowest BCUT2D eigenvalue weighted by Crippen LogP contribution is -2.52. The van der Waals surface area contributed by atoms with E-state index in [0.29, 0.717) is 42.5 Å². The molecule has 1 N–H and O–H groups in total. The molecule has 9 nitrogen and oxygen atoms in total. The molecule has 2 aromatic carbocycles. The van der Waals surface area contributed by atoms with Crippen LogP contribution in [0.15, 0.2) is 42.5 Å². The van der Waals surface area contributed by atoms with Crippen molar-refractivity contribution in [3.05, 3.63) is 68.7 Å². The van der Waals surface area contributed by atoms with Gasteiger partial charge in [0.1, 0.15) is 5.69 Å². The number of thiocarbonyl (C=S) groups is 1. The SMILES string of the molecule is CCOC(=O)c1ccc(N2CCN(C(=S)NC(=O)c3ccc(Cl)cc3)CC2)c([N+](=O)[O-])c1. The highest BCUT2D eigenvalue weighted by Gasteiger charge is 2.26. The Morgan fingerprint density at radius 1 is 1.12 bits per heavy atom. The zero-order valence-electron chi connectivity index (χ0n) is 17.2. The molecule has 1 aliphatic heterocycles. The van der Waals surface area contributed by atoms with Gasteiger partial charge < -0.3 is 14.5 Å². The van der Waals surface area contributed by atoms with Crippen LogP contribution in [-0.2, 0) is 4.74 Å². The smallest absolute Gasteiger partial charge is 0.338 e. The van der Waals surface area contributed by atoms with Gasteiger partial charge in [-0.05, 0) is 55.5 Å². The van der Waals surface area contributed by atoms with Gasteiger partial charge in [0.2, 0.25) is 0 Å². The van der Waals surface area contributed by atoms with Crippen LogP contribution in [0.25, 0.3) is 0 Å². The van der Waals surface area contributed by atoms with Gasteiger partial charge in [-0.1, -0.05) is 11.6 Å². The van der Waals surface area contributed by atoms with Crippen LogP contribution in [0.4, 0.5) is 11.4 Å². The number of piperazine rings is 1. The normalized spacial score (nSPS) is 13.4. The fourth-order valence-corrected chi connectivity index (χ4v) is 3.68. The van der Waals surface area contributed by atoms with Crippen LogP contribution in [-0.4, -0.2) is 59.6 Å². The Hall–Kier alpha value is -3.24. The highest BCUT2D eigenvalue weighted by Crippen LogP contribution is 2.30. The molecule has 1 saturated heterocycles. The first kappa shape index (κ1) is 23.4. The van der Waals surface area contributed by atoms with Crippen LogP contribution in [0.3, 0.4) is 0 Å². The van der Waals surface area contributed by atoms with Gasteiger partial charge in [0.25, 0.3) is 11.6 Å². The van der Waals surface area contributed by atoms with E-state index in [2.05, 4.69) is 5.32 Å². The van der Waals surface area contributed by atoms with E-state index in [1.807, 2.05) is 9.80 Å². The summed E-state index contributed by atoms with van der Waals surface area (Å²) in [6.45, 7) is 3.70. The molecule has 1 amide bonds. The minimum atomic E-state index is -0.603. The largest absolute Gasteiger partial charge is 0.462 e. The fraction of sp³-hybridized carbons (Fsp3) is 0.286. The zero-order valence-corrected chi connectivity index (χ0v) is 18.8. The van der Waals surface area contributed by atoms with Gasteiger partial charge in [-0.2, -0.15) is 0 Å². The van der Waals surface area contributed by atoms with E-state index in [0.717, 1.165) is 0 Å². The monoisotopic (exact) mass is 476 g/mol. The molecule has 0 bridgehead atoms. The lowest BCUT2D eigenvalue weighted by molar-refractivity contribution is -0.384. The van der Waals surface area contributed by atoms with Crippen molar-refractivity contribution >= 4 is 52.2 Å². The molecular weight excluding hydrogens is 456 g/mol. The predicted molar refractivity (Wildman–Crippen MR) is 124 cm³/mol. The summed E-state index contributed by atoms with van der Waals surface area (Å²) in [4.78, 5) is 39.0. The second-order valence-electron chi connectivity index (χ2n) is 6.92. The summed E-state index contributed by atoms with van der Waals surface area (Å²) in [6, 6.07) is 10.8. The van der Waals surface area contributed by atoms with Crippen molar-refractivity contribution in [2.24, 2.45) is 0 Å². The predicted octanol–water partition coefficient (Wildman–Crippen LogP) is 3.26. The summed E-state index contributed by atoms with van der Waals surface area (Å²) in [6.07, 6.45) is 0. The lowest BCUT2D eigenvalue weighted by Gasteiger charge is -2.37. The van der Waals surface area contributed by atoms with Gasteiger partial charge in [0.15, 0.2) is 5.11 Å². The van der Waals surface area contributed by atoms with Gasteiger partial charge in [-0.3, -0.25) is 20.2 Å². The number of amides is 1. The van der Waals surface area contributed by atoms with E-state index in [1.165, 1.54) is 12.1 Å². The van der Waals surface area contributed by atoms with Crippen molar-refractivity contribution in [2.45, 2.75) is 6.92 Å². The Kier molecular flexibility index (Phi) is 7.60. The Bertz CT molecular complexity index is 1040. The quantitative estimate of drug-likeness (QED) is 0.303. The average molecular weight is 477 g/mol. The molecule has 3 rings (SSSR count). The number of nitro benzene ring substituents is 1. The number of carbonyl (C=O) groups is 2. The summed E-state index contributed by atoms with van der Waals surface area (Å²) in [5.74, 6) is -0.937. The van der Waals surface area contributed by atoms with Crippen LogP contribution in [0.2, 0.25) is 5.02 Å². The van der Waals surface area contributed by atoms with Gasteiger partial charge in [-0.15, -0.1) is 0 Å². The molecule has 2 aromatic rings. The van der Waals surface area contributed by atoms with Crippen molar-refractivity contribution in [1.29, 1.82) is 0 Å². The first-order valence-electron chi connectivity index (χ1n) is 9.86. The Morgan fingerprint density at radius 3 is 2.34 bits per heavy atom. The van der Waals surface area contributed by atoms with E-state index < -0.39 is 10.9 Å². The van der Waals surface area contributed by atoms with Crippen molar-refractivity contribution < 1.29 is 19.2 Å². The molecule has 0 unspecified atom stereocenters. The van der Waals surface area contributed by atoms with E-state index in [1.54, 1.807) is 37.3 Å². The van der Waals surface area contributed by atoms with Gasteiger partial charge in [0, 0.05) is 42.8 Å². The van der Waals surface area contributed by atoms with Crippen molar-refractivity contribution in [3.8, 4) is 0 Å². The Balaban J connectivity index is 1.64. The Morgan fingerprint density at radius 2 is 1.75 bits per heavy atom. The van der Waals surface area contributed by atoms with Crippen LogP contribution < -0.4 is 10.2 Å². The van der Waals surface area contributed by atoms with Gasteiger partial charge in [-0.25, -0.2) is 4.79 Å². The maximum Gasteiger partial charge on any atom is 0.338 e. The number of benzene rings is 2. The number of nitro groups is 1. The molecule has 1 fully saturated rings. The molecule has 1 aliphatic rings. The molecule has 1 heterocycles. The number of rotatable bonds is 5. The molecular formula is C21H21ClN4O5S. The topological polar surface area (TPSA) is 105 Å². The second kappa shape index (κ2) is 10.4. The molecule has 32 heavy (non-hydrogen) atoms. The lowest BCUT2D eigenvalue weighted by atomic mass is 10.1. The number of nitrogens with zero attached hydrogens (tertiary/aromatic N) is 3. The van der Waals surface area contributed by atoms with Crippen LogP contribution in [0.5, 0.6) is 0 Å². The van der Waals surface area contributed by atoms with E-state index in [4.69, 9.17) is 28.6 Å². The minimum Gasteiger partial charge on any atom is -0.462 e. The summed E-state index contributed by atoms with van der Waals surface area (Å²) >= 11 is 11.2. The van der Waals surface area contributed by atoms with Gasteiger partial charge >= 0.3 is 5.97 Å². The second-order valence-corrected chi connectivity index (χ2v) is 7.74. The number of ether oxygens (including phenoxy) is 1. The summed E-state index contributed by atoms with van der Waals surface area (Å²) in [5, 5.41) is 15.1. The summed E-state index contributed by atoms with van der Waals surface area (Å²) in [5.41, 5.74) is 0.821. The maximum absolute atomic E-state index is 12.4. The number of hydrogen-bond donors (Lipinski definition) is 1. The fourth-order valence-electron chi connectivity index (χ4n) is 3.28. The van der Waals surface area contributed by atoms with Crippen LogP contribution in [0.1, 0.15) is 27.6 Å². The first-order valence-corrected chi connectivity index (χ1v) is 10.6. The number of nitrogens with one attached hydrogen (secondary N) is 1. The highest BCUT2D eigenvalue weighted by atomic mass is 35.5. The van der Waals surface area contributed by atoms with Crippen LogP contribution in [0, 0.1) is 10.1 Å². The molecule has 0 radical (unpaired) electrons.